The zero-order valence-electron chi connectivity index (χ0n) is 29.9. The minimum atomic E-state index is -0.505. The van der Waals surface area contributed by atoms with Gasteiger partial charge < -0.3 is 5.11 Å². The van der Waals surface area contributed by atoms with Crippen LogP contribution in [0.4, 0.5) is 28.4 Å². The number of para-hydroxylation sites is 1. The number of nitrogens with zero attached hydrogens (tertiary/aromatic N) is 5. The molecule has 5 aromatic carbocycles. The Balaban J connectivity index is 0.971. The first-order valence-corrected chi connectivity index (χ1v) is 17.8. The second kappa shape index (κ2) is 14.8. The quantitative estimate of drug-likeness (QED) is 0.0461. The Morgan fingerprint density at radius 2 is 1.38 bits per heavy atom. The molecule has 5 aromatic rings. The lowest BCUT2D eigenvalue weighted by Gasteiger charge is -2.17. The number of Topliss-reactive ketones (excluding diaryl/α,β-unsaturated/α-hetero) is 1. The van der Waals surface area contributed by atoms with Gasteiger partial charge in [0.15, 0.2) is 11.6 Å². The Morgan fingerprint density at radius 1 is 0.661 bits per heavy atom. The van der Waals surface area contributed by atoms with E-state index < -0.39 is 11.7 Å². The number of ketones is 3. The summed E-state index contributed by atoms with van der Waals surface area (Å²) in [6.45, 7) is 3.61. The molecule has 0 fully saturated rings. The number of halogens is 1. The van der Waals surface area contributed by atoms with Gasteiger partial charge in [-0.15, -0.1) is 0 Å². The van der Waals surface area contributed by atoms with Gasteiger partial charge >= 0.3 is 0 Å². The first-order valence-electron chi connectivity index (χ1n) is 17.4. The van der Waals surface area contributed by atoms with Crippen molar-refractivity contribution in [2.75, 3.05) is 10.9 Å². The van der Waals surface area contributed by atoms with Gasteiger partial charge in [0, 0.05) is 16.7 Å². The van der Waals surface area contributed by atoms with Gasteiger partial charge in [0.25, 0.3) is 0 Å². The molecule has 3 aliphatic carbocycles. The minimum Gasteiger partial charge on any atom is -0.493 e. The molecular formula is C44H30ClN7O4. The smallest absolute Gasteiger partial charge is 0.222 e. The van der Waals surface area contributed by atoms with Crippen LogP contribution in [0, 0.1) is 6.92 Å². The molecule has 0 heterocycles. The van der Waals surface area contributed by atoms with Crippen LogP contribution in [0.2, 0.25) is 5.02 Å². The normalized spacial score (nSPS) is 16.2. The van der Waals surface area contributed by atoms with Crippen LogP contribution >= 0.6 is 11.6 Å². The van der Waals surface area contributed by atoms with E-state index in [4.69, 9.17) is 11.6 Å². The van der Waals surface area contributed by atoms with Crippen LogP contribution < -0.4 is 10.9 Å². The van der Waals surface area contributed by atoms with E-state index in [1.807, 2.05) is 55.5 Å². The molecule has 56 heavy (non-hydrogen) atoms. The molecule has 272 valence electrons. The molecule has 3 aliphatic rings. The molecule has 0 saturated heterocycles. The van der Waals surface area contributed by atoms with E-state index in [1.165, 1.54) is 6.08 Å². The highest BCUT2D eigenvalue weighted by atomic mass is 35.5. The molecule has 12 heteroatoms. The van der Waals surface area contributed by atoms with Gasteiger partial charge in [-0.25, -0.2) is 4.99 Å². The van der Waals surface area contributed by atoms with E-state index in [0.29, 0.717) is 67.0 Å². The molecule has 0 aliphatic heterocycles. The van der Waals surface area contributed by atoms with E-state index in [9.17, 15) is 19.5 Å². The number of aliphatic hydroxyl groups excluding tert-OH is 1. The van der Waals surface area contributed by atoms with Gasteiger partial charge in [-0.2, -0.15) is 20.4 Å². The number of nitrogens with one attached hydrogen (secondary N) is 2. The summed E-state index contributed by atoms with van der Waals surface area (Å²) in [5, 5.41) is 28.9. The Kier molecular flexibility index (Phi) is 9.43. The van der Waals surface area contributed by atoms with Crippen LogP contribution in [0.1, 0.15) is 39.5 Å². The lowest BCUT2D eigenvalue weighted by atomic mass is 9.89. The number of fused-ring (bicyclic) bond motifs is 4. The Bertz CT molecular complexity index is 2760. The fourth-order valence-corrected chi connectivity index (χ4v) is 6.58. The molecule has 11 nitrogen and oxygen atoms in total. The molecule has 0 atom stereocenters. The zero-order valence-corrected chi connectivity index (χ0v) is 30.7. The largest absolute Gasteiger partial charge is 0.493 e. The topological polar surface area (TPSA) is 157 Å². The number of carbonyl (C=O) groups is 3. The number of hydrogen-bond acceptors (Lipinski definition) is 10. The van der Waals surface area contributed by atoms with Crippen molar-refractivity contribution in [2.45, 2.75) is 13.8 Å². The highest BCUT2D eigenvalue weighted by Crippen LogP contribution is 2.40. The van der Waals surface area contributed by atoms with Gasteiger partial charge in [-0.05, 0) is 121 Å². The first kappa shape index (κ1) is 35.6. The first-order chi connectivity index (χ1) is 27.1. The summed E-state index contributed by atoms with van der Waals surface area (Å²) in [6, 6.07) is 30.3. The molecule has 0 bridgehead atoms. The predicted octanol–water partition coefficient (Wildman–Crippen LogP) is 10.2. The number of anilines is 2. The summed E-state index contributed by atoms with van der Waals surface area (Å²) in [7, 11) is 0. The van der Waals surface area contributed by atoms with E-state index in [1.54, 1.807) is 79.7 Å². The second-order valence-electron chi connectivity index (χ2n) is 13.1. The van der Waals surface area contributed by atoms with Crippen molar-refractivity contribution in [3.8, 4) is 11.1 Å². The molecule has 0 radical (unpaired) electrons. The summed E-state index contributed by atoms with van der Waals surface area (Å²) in [4.78, 5) is 43.1. The summed E-state index contributed by atoms with van der Waals surface area (Å²) < 4.78 is 0. The zero-order chi connectivity index (χ0) is 38.9. The van der Waals surface area contributed by atoms with Crippen LogP contribution in [0.15, 0.2) is 158 Å². The van der Waals surface area contributed by atoms with Gasteiger partial charge in [0.2, 0.25) is 11.7 Å². The van der Waals surface area contributed by atoms with Crippen molar-refractivity contribution in [2.24, 2.45) is 25.4 Å². The maximum Gasteiger partial charge on any atom is 0.222 e. The van der Waals surface area contributed by atoms with Crippen molar-refractivity contribution in [3.63, 3.8) is 0 Å². The SMILES string of the molecule is CC1=C/C(=N\Nc2ccc3c(c2)C(=O)c2cc(N=Nc4ccc(N/N=C5\C(=O)C(C(O)=Nc6ccccc6Cl)=Cc6ccccc65)c(C)c4)ccc2-3)C=CC1=O. The highest BCUT2D eigenvalue weighted by Gasteiger charge is 2.30. The van der Waals surface area contributed by atoms with Crippen LogP contribution in [0.3, 0.4) is 0 Å². The molecule has 0 spiro atoms. The van der Waals surface area contributed by atoms with Gasteiger partial charge in [0.05, 0.1) is 44.7 Å². The number of aryl methyl sites for hydroxylation is 1. The summed E-state index contributed by atoms with van der Waals surface area (Å²) in [5.74, 6) is -1.15. The standard InChI is InChI=1S/C44H30ClN7O4/c1-24-19-27(13-17-38(24)51-52-41-31-8-4-3-7-26(31)21-36(43(41)55)44(56)46-39-10-6-5-9-37(39)45)47-49-29-11-15-32-33-16-12-30(23-35(33)42(54)34(32)22-29)50-48-28-14-18-40(53)25(2)20-28/h3-23,50-51H,1-2H3,(H,46,56)/b48-28-,49-47?,52-41-. The van der Waals surface area contributed by atoms with E-state index in [-0.39, 0.29) is 22.9 Å². The Labute approximate surface area is 325 Å². The summed E-state index contributed by atoms with van der Waals surface area (Å²) in [6.07, 6.45) is 6.39. The fraction of sp³-hybridized carbons (Fsp3) is 0.0455. The molecule has 0 saturated carbocycles. The molecule has 0 aromatic heterocycles. The van der Waals surface area contributed by atoms with E-state index >= 15 is 0 Å². The Hall–Kier alpha value is -7.37. The second-order valence-corrected chi connectivity index (χ2v) is 13.5. The minimum absolute atomic E-state index is 0.0122. The number of aliphatic imine (C=N–C) groups is 1. The van der Waals surface area contributed by atoms with Crippen molar-refractivity contribution in [1.82, 2.24) is 0 Å². The van der Waals surface area contributed by atoms with Gasteiger partial charge in [-0.1, -0.05) is 60.1 Å². The van der Waals surface area contributed by atoms with Crippen LogP contribution in [-0.2, 0) is 9.59 Å². The third-order valence-electron chi connectivity index (χ3n) is 9.35. The van der Waals surface area contributed by atoms with Crippen LogP contribution in [-0.4, -0.2) is 39.8 Å². The number of hydrogen-bond donors (Lipinski definition) is 3. The number of azo groups is 1. The number of hydrazone groups is 2. The lowest BCUT2D eigenvalue weighted by Crippen LogP contribution is -2.27. The van der Waals surface area contributed by atoms with Crippen molar-refractivity contribution >= 4 is 80.8 Å². The van der Waals surface area contributed by atoms with Crippen LogP contribution in [0.5, 0.6) is 0 Å². The average molecular weight is 756 g/mol. The number of benzene rings is 5. The molecular weight excluding hydrogens is 726 g/mol. The number of carbonyl (C=O) groups excluding carboxylic acids is 3. The monoisotopic (exact) mass is 755 g/mol. The number of aliphatic hydroxyl groups is 1. The van der Waals surface area contributed by atoms with E-state index in [2.05, 4.69) is 36.3 Å². The lowest BCUT2D eigenvalue weighted by molar-refractivity contribution is -0.111. The van der Waals surface area contributed by atoms with E-state index in [0.717, 1.165) is 16.7 Å². The summed E-state index contributed by atoms with van der Waals surface area (Å²) >= 11 is 6.23. The van der Waals surface area contributed by atoms with Gasteiger partial charge in [-0.3, -0.25) is 25.2 Å². The third-order valence-corrected chi connectivity index (χ3v) is 9.67. The highest BCUT2D eigenvalue weighted by molar-refractivity contribution is 6.58. The Morgan fingerprint density at radius 3 is 2.16 bits per heavy atom. The summed E-state index contributed by atoms with van der Waals surface area (Å²) in [5.41, 5.74) is 14.8. The van der Waals surface area contributed by atoms with Crippen molar-refractivity contribution in [3.05, 3.63) is 165 Å². The average Bonchev–Trinajstić information content (AvgIpc) is 3.48. The predicted molar refractivity (Wildman–Crippen MR) is 220 cm³/mol. The third kappa shape index (κ3) is 7.02. The molecule has 0 amide bonds. The van der Waals surface area contributed by atoms with Crippen molar-refractivity contribution in [1.29, 1.82) is 0 Å². The van der Waals surface area contributed by atoms with Crippen molar-refractivity contribution < 1.29 is 19.5 Å². The number of rotatable bonds is 8. The maximum absolute atomic E-state index is 13.7. The molecule has 8 rings (SSSR count). The fourth-order valence-electron chi connectivity index (χ4n) is 6.40. The maximum atomic E-state index is 13.7. The molecule has 0 unspecified atom stereocenters. The van der Waals surface area contributed by atoms with Gasteiger partial charge in [0.1, 0.15) is 5.71 Å². The molecule has 3 N–H and O–H groups in total. The number of allylic oxidation sites excluding steroid dienone is 4. The van der Waals surface area contributed by atoms with Crippen LogP contribution in [0.25, 0.3) is 17.2 Å².